The lowest BCUT2D eigenvalue weighted by Gasteiger charge is -2.30. The second-order valence-corrected chi connectivity index (χ2v) is 5.11. The summed E-state index contributed by atoms with van der Waals surface area (Å²) in [6.45, 7) is 4.82. The first kappa shape index (κ1) is 11.4. The van der Waals surface area contributed by atoms with Crippen LogP contribution in [0.4, 0.5) is 0 Å². The summed E-state index contributed by atoms with van der Waals surface area (Å²) in [4.78, 5) is 0. The summed E-state index contributed by atoms with van der Waals surface area (Å²) in [5, 5.41) is 3.64. The molecular weight excluding hydrogens is 186 g/mol. The highest BCUT2D eigenvalue weighted by atomic mass is 16.5. The van der Waals surface area contributed by atoms with E-state index in [9.17, 15) is 0 Å². The van der Waals surface area contributed by atoms with Gasteiger partial charge in [0, 0.05) is 19.2 Å². The van der Waals surface area contributed by atoms with Gasteiger partial charge in [-0.3, -0.25) is 0 Å². The lowest BCUT2D eigenvalue weighted by Crippen LogP contribution is -2.36. The Morgan fingerprint density at radius 2 is 2.00 bits per heavy atom. The highest BCUT2D eigenvalue weighted by Gasteiger charge is 2.34. The van der Waals surface area contributed by atoms with Gasteiger partial charge in [-0.1, -0.05) is 12.8 Å². The molecule has 1 N–H and O–H groups in total. The maximum absolute atomic E-state index is 5.35. The molecular formula is C13H25NO. The van der Waals surface area contributed by atoms with Gasteiger partial charge in [-0.15, -0.1) is 0 Å². The molecule has 2 atom stereocenters. The largest absolute Gasteiger partial charge is 0.380 e. The lowest BCUT2D eigenvalue weighted by molar-refractivity contribution is 0.142. The molecule has 2 rings (SSSR count). The highest BCUT2D eigenvalue weighted by Crippen LogP contribution is 2.43. The van der Waals surface area contributed by atoms with Crippen molar-refractivity contribution in [3.8, 4) is 0 Å². The summed E-state index contributed by atoms with van der Waals surface area (Å²) in [6, 6.07) is 0.782. The van der Waals surface area contributed by atoms with Crippen molar-refractivity contribution >= 4 is 0 Å². The van der Waals surface area contributed by atoms with E-state index in [2.05, 4.69) is 12.2 Å². The Kier molecular flexibility index (Phi) is 4.45. The van der Waals surface area contributed by atoms with Crippen LogP contribution in [-0.4, -0.2) is 25.8 Å². The molecule has 0 heterocycles. The Labute approximate surface area is 93.8 Å². The zero-order valence-corrected chi connectivity index (χ0v) is 10.0. The number of hydrogen-bond acceptors (Lipinski definition) is 2. The van der Waals surface area contributed by atoms with Gasteiger partial charge in [0.2, 0.25) is 0 Å². The van der Waals surface area contributed by atoms with Gasteiger partial charge in [0.25, 0.3) is 0 Å². The average Bonchev–Trinajstić information content (AvgIpc) is 3.09. The minimum absolute atomic E-state index is 0.782. The van der Waals surface area contributed by atoms with E-state index in [0.29, 0.717) is 0 Å². The maximum atomic E-state index is 5.35. The number of rotatable bonds is 6. The van der Waals surface area contributed by atoms with Crippen LogP contribution in [0.5, 0.6) is 0 Å². The quantitative estimate of drug-likeness (QED) is 0.682. The predicted octanol–water partition coefficient (Wildman–Crippen LogP) is 2.58. The summed E-state index contributed by atoms with van der Waals surface area (Å²) in [6.07, 6.45) is 8.76. The van der Waals surface area contributed by atoms with E-state index in [1.165, 1.54) is 38.5 Å². The fraction of sp³-hybridized carbons (Fsp3) is 1.00. The lowest BCUT2D eigenvalue weighted by atomic mass is 9.83. The van der Waals surface area contributed by atoms with Crippen LogP contribution in [0, 0.1) is 11.8 Å². The number of nitrogens with one attached hydrogen (secondary N) is 1. The van der Waals surface area contributed by atoms with Gasteiger partial charge in [0.05, 0.1) is 6.61 Å². The molecule has 2 heteroatoms. The summed E-state index contributed by atoms with van der Waals surface area (Å²) >= 11 is 0. The fourth-order valence-electron chi connectivity index (χ4n) is 2.89. The van der Waals surface area contributed by atoms with Crippen molar-refractivity contribution in [1.82, 2.24) is 5.32 Å². The van der Waals surface area contributed by atoms with E-state index in [4.69, 9.17) is 4.74 Å². The summed E-state index contributed by atoms with van der Waals surface area (Å²) < 4.78 is 5.35. The molecule has 0 bridgehead atoms. The average molecular weight is 211 g/mol. The molecule has 0 radical (unpaired) electrons. The standard InChI is InChI=1S/C13H25NO/c1-2-15-9-8-14-13-5-3-4-12(10-13)11-6-7-11/h11-14H,2-10H2,1H3. The first-order chi connectivity index (χ1) is 7.40. The Hall–Kier alpha value is -0.0800. The van der Waals surface area contributed by atoms with Crippen LogP contribution in [0.3, 0.4) is 0 Å². The molecule has 15 heavy (non-hydrogen) atoms. The van der Waals surface area contributed by atoms with Gasteiger partial charge >= 0.3 is 0 Å². The van der Waals surface area contributed by atoms with Crippen LogP contribution in [0.1, 0.15) is 45.4 Å². The van der Waals surface area contributed by atoms with Crippen LogP contribution in [0.2, 0.25) is 0 Å². The normalized spacial score (nSPS) is 31.8. The molecule has 0 saturated heterocycles. The predicted molar refractivity (Wildman–Crippen MR) is 63.0 cm³/mol. The van der Waals surface area contributed by atoms with Crippen molar-refractivity contribution in [2.24, 2.45) is 11.8 Å². The molecule has 2 aliphatic carbocycles. The zero-order valence-electron chi connectivity index (χ0n) is 10.0. The molecule has 0 amide bonds. The topological polar surface area (TPSA) is 21.3 Å². The first-order valence-corrected chi connectivity index (χ1v) is 6.71. The van der Waals surface area contributed by atoms with E-state index >= 15 is 0 Å². The van der Waals surface area contributed by atoms with E-state index < -0.39 is 0 Å². The van der Waals surface area contributed by atoms with Crippen molar-refractivity contribution in [2.75, 3.05) is 19.8 Å². The Balaban J connectivity index is 1.59. The molecule has 0 spiro atoms. The SMILES string of the molecule is CCOCCNC1CCCC(C2CC2)C1. The molecule has 2 nitrogen and oxygen atoms in total. The minimum Gasteiger partial charge on any atom is -0.380 e. The van der Waals surface area contributed by atoms with Gasteiger partial charge in [-0.2, -0.15) is 0 Å². The Bertz CT molecular complexity index is 179. The fourth-order valence-corrected chi connectivity index (χ4v) is 2.89. The molecule has 88 valence electrons. The van der Waals surface area contributed by atoms with Gasteiger partial charge in [0.15, 0.2) is 0 Å². The molecule has 2 aliphatic rings. The molecule has 0 aromatic rings. The number of hydrogen-bond donors (Lipinski definition) is 1. The third-order valence-electron chi connectivity index (χ3n) is 3.89. The third kappa shape index (κ3) is 3.76. The van der Waals surface area contributed by atoms with Crippen LogP contribution in [-0.2, 0) is 4.74 Å². The second kappa shape index (κ2) is 5.86. The Morgan fingerprint density at radius 1 is 1.13 bits per heavy atom. The van der Waals surface area contributed by atoms with E-state index in [-0.39, 0.29) is 0 Å². The van der Waals surface area contributed by atoms with Crippen LogP contribution in [0.25, 0.3) is 0 Å². The van der Waals surface area contributed by atoms with Crippen molar-refractivity contribution in [3.63, 3.8) is 0 Å². The second-order valence-electron chi connectivity index (χ2n) is 5.11. The molecule has 0 aliphatic heterocycles. The highest BCUT2D eigenvalue weighted by molar-refractivity contribution is 4.87. The molecule has 2 saturated carbocycles. The maximum Gasteiger partial charge on any atom is 0.0590 e. The van der Waals surface area contributed by atoms with Gasteiger partial charge in [-0.25, -0.2) is 0 Å². The van der Waals surface area contributed by atoms with Gasteiger partial charge in [0.1, 0.15) is 0 Å². The molecule has 0 aromatic heterocycles. The summed E-state index contributed by atoms with van der Waals surface area (Å²) in [7, 11) is 0. The van der Waals surface area contributed by atoms with Crippen LogP contribution < -0.4 is 5.32 Å². The molecule has 2 fully saturated rings. The van der Waals surface area contributed by atoms with Crippen molar-refractivity contribution in [1.29, 1.82) is 0 Å². The Morgan fingerprint density at radius 3 is 2.73 bits per heavy atom. The summed E-state index contributed by atoms with van der Waals surface area (Å²) in [5.74, 6) is 2.14. The van der Waals surface area contributed by atoms with E-state index in [1.807, 2.05) is 0 Å². The van der Waals surface area contributed by atoms with E-state index in [0.717, 1.165) is 37.6 Å². The zero-order chi connectivity index (χ0) is 10.5. The van der Waals surface area contributed by atoms with E-state index in [1.54, 1.807) is 0 Å². The minimum atomic E-state index is 0.782. The van der Waals surface area contributed by atoms with Crippen molar-refractivity contribution in [2.45, 2.75) is 51.5 Å². The van der Waals surface area contributed by atoms with Crippen LogP contribution >= 0.6 is 0 Å². The van der Waals surface area contributed by atoms with Gasteiger partial charge < -0.3 is 10.1 Å². The van der Waals surface area contributed by atoms with Gasteiger partial charge in [-0.05, 0) is 44.4 Å². The van der Waals surface area contributed by atoms with Crippen LogP contribution in [0.15, 0.2) is 0 Å². The first-order valence-electron chi connectivity index (χ1n) is 6.71. The molecule has 2 unspecified atom stereocenters. The smallest absolute Gasteiger partial charge is 0.0590 e. The molecule has 0 aromatic carbocycles. The monoisotopic (exact) mass is 211 g/mol. The van der Waals surface area contributed by atoms with Crippen molar-refractivity contribution < 1.29 is 4.74 Å². The third-order valence-corrected chi connectivity index (χ3v) is 3.89. The summed E-state index contributed by atoms with van der Waals surface area (Å²) in [5.41, 5.74) is 0. The number of ether oxygens (including phenoxy) is 1. The van der Waals surface area contributed by atoms with Crippen molar-refractivity contribution in [3.05, 3.63) is 0 Å².